The third kappa shape index (κ3) is 4.46. The minimum Gasteiger partial charge on any atom is -0.316 e. The van der Waals surface area contributed by atoms with Crippen LogP contribution in [-0.4, -0.2) is 37.1 Å². The number of hydrogen-bond acceptors (Lipinski definition) is 2. The fourth-order valence-corrected chi connectivity index (χ4v) is 4.99. The molecule has 0 radical (unpaired) electrons. The zero-order valence-corrected chi connectivity index (χ0v) is 14.5. The molecule has 2 nitrogen and oxygen atoms in total. The van der Waals surface area contributed by atoms with Crippen molar-refractivity contribution in [1.29, 1.82) is 0 Å². The highest BCUT2D eigenvalue weighted by Gasteiger charge is 2.40. The molecular formula is C18H36N2. The maximum Gasteiger partial charge on any atom is 0.0105 e. The van der Waals surface area contributed by atoms with Crippen molar-refractivity contribution < 1.29 is 0 Å². The summed E-state index contributed by atoms with van der Waals surface area (Å²) >= 11 is 0. The van der Waals surface area contributed by atoms with Crippen LogP contribution >= 0.6 is 0 Å². The fourth-order valence-electron chi connectivity index (χ4n) is 4.99. The van der Waals surface area contributed by atoms with Gasteiger partial charge in [0.25, 0.3) is 0 Å². The molecule has 1 atom stereocenters. The van der Waals surface area contributed by atoms with Crippen LogP contribution in [0.2, 0.25) is 0 Å². The summed E-state index contributed by atoms with van der Waals surface area (Å²) in [6.07, 6.45) is 6.92. The third-order valence-corrected chi connectivity index (χ3v) is 5.35. The van der Waals surface area contributed by atoms with Crippen molar-refractivity contribution in [2.45, 2.75) is 72.8 Å². The minimum atomic E-state index is 0.505. The van der Waals surface area contributed by atoms with Crippen LogP contribution in [0, 0.1) is 16.7 Å². The Morgan fingerprint density at radius 1 is 1.10 bits per heavy atom. The highest BCUT2D eigenvalue weighted by atomic mass is 15.2. The lowest BCUT2D eigenvalue weighted by Gasteiger charge is -2.49. The summed E-state index contributed by atoms with van der Waals surface area (Å²) in [5, 5.41) is 3.57. The molecule has 0 aromatic heterocycles. The predicted molar refractivity (Wildman–Crippen MR) is 88.0 cm³/mol. The number of piperidine rings is 1. The Hall–Kier alpha value is -0.0800. The highest BCUT2D eigenvalue weighted by Crippen LogP contribution is 2.47. The molecule has 1 heterocycles. The zero-order chi connectivity index (χ0) is 14.8. The quantitative estimate of drug-likeness (QED) is 0.840. The van der Waals surface area contributed by atoms with E-state index in [9.17, 15) is 0 Å². The number of nitrogens with zero attached hydrogens (tertiary/aromatic N) is 1. The van der Waals surface area contributed by atoms with Gasteiger partial charge in [-0.1, -0.05) is 34.6 Å². The smallest absolute Gasteiger partial charge is 0.0105 e. The molecule has 1 unspecified atom stereocenters. The molecule has 0 aromatic carbocycles. The van der Waals surface area contributed by atoms with E-state index in [0.29, 0.717) is 10.8 Å². The van der Waals surface area contributed by atoms with Crippen molar-refractivity contribution >= 4 is 0 Å². The Morgan fingerprint density at radius 3 is 2.25 bits per heavy atom. The zero-order valence-electron chi connectivity index (χ0n) is 14.5. The van der Waals surface area contributed by atoms with Gasteiger partial charge in [0, 0.05) is 12.6 Å². The van der Waals surface area contributed by atoms with Crippen LogP contribution in [0.4, 0.5) is 0 Å². The van der Waals surface area contributed by atoms with Gasteiger partial charge in [-0.3, -0.25) is 0 Å². The minimum absolute atomic E-state index is 0.505. The summed E-state index contributed by atoms with van der Waals surface area (Å²) in [5.41, 5.74) is 1.01. The summed E-state index contributed by atoms with van der Waals surface area (Å²) < 4.78 is 0. The van der Waals surface area contributed by atoms with Gasteiger partial charge in [0.05, 0.1) is 0 Å². The van der Waals surface area contributed by atoms with E-state index in [1.165, 1.54) is 58.3 Å². The molecule has 2 heteroatoms. The Bertz CT molecular complexity index is 287. The average molecular weight is 280 g/mol. The molecule has 0 spiro atoms. The molecule has 2 aliphatic rings. The van der Waals surface area contributed by atoms with Crippen LogP contribution in [0.25, 0.3) is 0 Å². The first-order valence-electron chi connectivity index (χ1n) is 8.76. The van der Waals surface area contributed by atoms with Crippen molar-refractivity contribution in [2.75, 3.05) is 26.2 Å². The lowest BCUT2D eigenvalue weighted by atomic mass is 9.63. The highest BCUT2D eigenvalue weighted by molar-refractivity contribution is 4.93. The standard InChI is InChI=1S/C18H36N2/c1-6-20(13-15-8-7-9-19-12-15)16-10-17(2,3)14-18(4,5)11-16/h15-16,19H,6-14H2,1-5H3. The SMILES string of the molecule is CCN(CC1CCCNC1)C1CC(C)(C)CC(C)(C)C1. The largest absolute Gasteiger partial charge is 0.316 e. The fraction of sp³-hybridized carbons (Fsp3) is 1.00. The van der Waals surface area contributed by atoms with Crippen LogP contribution in [0.1, 0.15) is 66.7 Å². The summed E-state index contributed by atoms with van der Waals surface area (Å²) in [5.74, 6) is 0.872. The molecule has 2 rings (SSSR count). The normalized spacial score (nSPS) is 30.6. The van der Waals surface area contributed by atoms with Gasteiger partial charge >= 0.3 is 0 Å². The third-order valence-electron chi connectivity index (χ3n) is 5.35. The summed E-state index contributed by atoms with van der Waals surface area (Å²) in [7, 11) is 0. The molecule has 1 aliphatic carbocycles. The Labute approximate surface area is 126 Å². The van der Waals surface area contributed by atoms with Crippen molar-refractivity contribution in [3.63, 3.8) is 0 Å². The second-order valence-corrected chi connectivity index (χ2v) is 8.87. The first-order chi connectivity index (χ1) is 9.31. The molecule has 1 N–H and O–H groups in total. The van der Waals surface area contributed by atoms with Gasteiger partial charge in [-0.05, 0) is 68.5 Å². The lowest BCUT2D eigenvalue weighted by Crippen LogP contribution is -2.49. The Morgan fingerprint density at radius 2 is 1.75 bits per heavy atom. The maximum absolute atomic E-state index is 3.57. The van der Waals surface area contributed by atoms with Gasteiger partial charge in [-0.15, -0.1) is 0 Å². The van der Waals surface area contributed by atoms with E-state index in [4.69, 9.17) is 0 Å². The molecule has 1 aliphatic heterocycles. The monoisotopic (exact) mass is 280 g/mol. The maximum atomic E-state index is 3.57. The van der Waals surface area contributed by atoms with Crippen LogP contribution < -0.4 is 5.32 Å². The van der Waals surface area contributed by atoms with E-state index in [1.54, 1.807) is 0 Å². The molecular weight excluding hydrogens is 244 g/mol. The Kier molecular flexibility index (Phi) is 5.18. The summed E-state index contributed by atoms with van der Waals surface area (Å²) in [6.45, 7) is 17.2. The van der Waals surface area contributed by atoms with Gasteiger partial charge in [0.2, 0.25) is 0 Å². The van der Waals surface area contributed by atoms with Crippen molar-refractivity contribution in [3.05, 3.63) is 0 Å². The van der Waals surface area contributed by atoms with E-state index in [1.807, 2.05) is 0 Å². The van der Waals surface area contributed by atoms with Crippen LogP contribution in [0.3, 0.4) is 0 Å². The van der Waals surface area contributed by atoms with Gasteiger partial charge in [-0.25, -0.2) is 0 Å². The van der Waals surface area contributed by atoms with Gasteiger partial charge in [0.15, 0.2) is 0 Å². The molecule has 0 amide bonds. The first kappa shape index (κ1) is 16.3. The van der Waals surface area contributed by atoms with Crippen molar-refractivity contribution in [2.24, 2.45) is 16.7 Å². The van der Waals surface area contributed by atoms with Crippen LogP contribution in [-0.2, 0) is 0 Å². The second kappa shape index (κ2) is 6.36. The predicted octanol–water partition coefficient (Wildman–Crippen LogP) is 3.91. The van der Waals surface area contributed by atoms with E-state index in [0.717, 1.165) is 12.0 Å². The van der Waals surface area contributed by atoms with Crippen molar-refractivity contribution in [1.82, 2.24) is 10.2 Å². The van der Waals surface area contributed by atoms with E-state index >= 15 is 0 Å². The van der Waals surface area contributed by atoms with Crippen LogP contribution in [0.15, 0.2) is 0 Å². The van der Waals surface area contributed by atoms with Gasteiger partial charge in [0.1, 0.15) is 0 Å². The second-order valence-electron chi connectivity index (χ2n) is 8.87. The van der Waals surface area contributed by atoms with E-state index in [-0.39, 0.29) is 0 Å². The topological polar surface area (TPSA) is 15.3 Å². The van der Waals surface area contributed by atoms with Gasteiger partial charge < -0.3 is 10.2 Å². The lowest BCUT2D eigenvalue weighted by molar-refractivity contribution is 0.0184. The molecule has 0 aromatic rings. The van der Waals surface area contributed by atoms with E-state index < -0.39 is 0 Å². The van der Waals surface area contributed by atoms with Crippen LogP contribution in [0.5, 0.6) is 0 Å². The molecule has 2 fully saturated rings. The molecule has 1 saturated carbocycles. The Balaban J connectivity index is 1.98. The van der Waals surface area contributed by atoms with Crippen molar-refractivity contribution in [3.8, 4) is 0 Å². The number of hydrogen-bond donors (Lipinski definition) is 1. The first-order valence-corrected chi connectivity index (χ1v) is 8.76. The molecule has 20 heavy (non-hydrogen) atoms. The average Bonchev–Trinajstić information content (AvgIpc) is 2.33. The molecule has 0 bridgehead atoms. The van der Waals surface area contributed by atoms with Gasteiger partial charge in [-0.2, -0.15) is 0 Å². The molecule has 118 valence electrons. The summed E-state index contributed by atoms with van der Waals surface area (Å²) in [4.78, 5) is 2.79. The summed E-state index contributed by atoms with van der Waals surface area (Å²) in [6, 6.07) is 0.792. The number of nitrogens with one attached hydrogen (secondary N) is 1. The van der Waals surface area contributed by atoms with E-state index in [2.05, 4.69) is 44.8 Å². The number of rotatable bonds is 4. The molecule has 1 saturated heterocycles.